The van der Waals surface area contributed by atoms with Crippen molar-refractivity contribution in [3.8, 4) is 0 Å². The summed E-state index contributed by atoms with van der Waals surface area (Å²) in [6.07, 6.45) is 5.78. The first-order chi connectivity index (χ1) is 19.3. The minimum Gasteiger partial charge on any atom is -0.365 e. The maximum absolute atomic E-state index is 6.64. The molecule has 204 valence electrons. The Morgan fingerprint density at radius 1 is 0.725 bits per heavy atom. The highest BCUT2D eigenvalue weighted by Crippen LogP contribution is 2.32. The van der Waals surface area contributed by atoms with Gasteiger partial charge in [-0.15, -0.1) is 0 Å². The van der Waals surface area contributed by atoms with Gasteiger partial charge in [-0.2, -0.15) is 0 Å². The van der Waals surface area contributed by atoms with Gasteiger partial charge in [0.2, 0.25) is 6.33 Å². The highest BCUT2D eigenvalue weighted by atomic mass is 35.5. The Morgan fingerprint density at radius 2 is 1.35 bits per heavy atom. The predicted octanol–water partition coefficient (Wildman–Crippen LogP) is 9.95. The number of ether oxygens (including phenoxy) is 1. The Labute approximate surface area is 259 Å². The lowest BCUT2D eigenvalue weighted by atomic mass is 9.98. The second kappa shape index (κ2) is 13.0. The maximum Gasteiger partial charge on any atom is 0.244 e. The Morgan fingerprint density at radius 3 is 1.95 bits per heavy atom. The molecule has 5 aromatic rings. The second-order valence-electron chi connectivity index (χ2n) is 9.62. The number of aromatic nitrogens is 2. The summed E-state index contributed by atoms with van der Waals surface area (Å²) in [6.45, 7) is 2.86. The molecule has 0 N–H and O–H groups in total. The first kappa shape index (κ1) is 29.0. The zero-order chi connectivity index (χ0) is 28.2. The van der Waals surface area contributed by atoms with Crippen LogP contribution in [0.2, 0.25) is 25.1 Å². The molecule has 4 aromatic carbocycles. The Balaban J connectivity index is 1.46. The Hall–Kier alpha value is -2.50. The summed E-state index contributed by atoms with van der Waals surface area (Å²) in [7, 11) is 0. The van der Waals surface area contributed by atoms with E-state index in [1.807, 2.05) is 98.2 Å². The van der Waals surface area contributed by atoms with Crippen molar-refractivity contribution in [3.63, 3.8) is 0 Å². The molecule has 1 unspecified atom stereocenters. The van der Waals surface area contributed by atoms with Crippen LogP contribution in [0.5, 0.6) is 0 Å². The predicted molar refractivity (Wildman–Crippen MR) is 165 cm³/mol. The van der Waals surface area contributed by atoms with Crippen LogP contribution in [0.15, 0.2) is 104 Å². The molecule has 40 heavy (non-hydrogen) atoms. The van der Waals surface area contributed by atoms with Gasteiger partial charge in [-0.25, -0.2) is 9.13 Å². The quantitative estimate of drug-likeness (QED) is 0.148. The van der Waals surface area contributed by atoms with Crippen LogP contribution < -0.4 is 4.57 Å². The van der Waals surface area contributed by atoms with E-state index in [9.17, 15) is 0 Å². The van der Waals surface area contributed by atoms with E-state index in [4.69, 9.17) is 62.7 Å². The highest BCUT2D eigenvalue weighted by Gasteiger charge is 2.25. The molecule has 0 bridgehead atoms. The fourth-order valence-corrected chi connectivity index (χ4v) is 5.72. The van der Waals surface area contributed by atoms with E-state index >= 15 is 0 Å². The van der Waals surface area contributed by atoms with Crippen LogP contribution in [0, 0.1) is 6.92 Å². The van der Waals surface area contributed by atoms with E-state index in [-0.39, 0.29) is 12.1 Å². The molecule has 0 aliphatic carbocycles. The average Bonchev–Trinajstić information content (AvgIpc) is 3.38. The number of rotatable bonds is 9. The number of aryl methyl sites for hydroxylation is 1. The molecule has 0 amide bonds. The van der Waals surface area contributed by atoms with Gasteiger partial charge in [-0.05, 0) is 60.5 Å². The van der Waals surface area contributed by atoms with Crippen LogP contribution in [0.25, 0.3) is 0 Å². The summed E-state index contributed by atoms with van der Waals surface area (Å²) >= 11 is 31.7. The number of hydrogen-bond acceptors (Lipinski definition) is 1. The monoisotopic (exact) mass is 629 g/mol. The van der Waals surface area contributed by atoms with Crippen molar-refractivity contribution in [2.24, 2.45) is 0 Å². The van der Waals surface area contributed by atoms with Crippen LogP contribution in [0.3, 0.4) is 0 Å². The van der Waals surface area contributed by atoms with Crippen LogP contribution in [0.1, 0.15) is 40.0 Å². The van der Waals surface area contributed by atoms with Crippen LogP contribution in [-0.2, 0) is 17.9 Å². The van der Waals surface area contributed by atoms with Crippen molar-refractivity contribution in [2.75, 3.05) is 0 Å². The minimum absolute atomic E-state index is 0.0827. The van der Waals surface area contributed by atoms with Crippen molar-refractivity contribution >= 4 is 58.0 Å². The number of hydrogen-bond donors (Lipinski definition) is 0. The van der Waals surface area contributed by atoms with Gasteiger partial charge in [0.05, 0.1) is 6.61 Å². The van der Waals surface area contributed by atoms with Crippen molar-refractivity contribution < 1.29 is 9.30 Å². The molecule has 5 rings (SSSR count). The molecule has 1 atom stereocenters. The van der Waals surface area contributed by atoms with Crippen molar-refractivity contribution in [3.05, 3.63) is 157 Å². The Kier molecular flexibility index (Phi) is 9.42. The molecule has 3 nitrogen and oxygen atoms in total. The second-order valence-corrected chi connectivity index (χ2v) is 11.7. The topological polar surface area (TPSA) is 18.0 Å². The Bertz CT molecular complexity index is 1550. The average molecular weight is 632 g/mol. The van der Waals surface area contributed by atoms with Gasteiger partial charge in [0, 0.05) is 41.8 Å². The summed E-state index contributed by atoms with van der Waals surface area (Å²) in [6, 6.07) is 27.1. The first-order valence-corrected chi connectivity index (χ1v) is 14.5. The summed E-state index contributed by atoms with van der Waals surface area (Å²) < 4.78 is 10.7. The van der Waals surface area contributed by atoms with Gasteiger partial charge in [-0.1, -0.05) is 100 Å². The molecule has 1 heterocycles. The number of imidazole rings is 1. The van der Waals surface area contributed by atoms with Gasteiger partial charge >= 0.3 is 0 Å². The summed E-state index contributed by atoms with van der Waals surface area (Å²) in [5.41, 5.74) is 5.05. The normalized spacial score (nSPS) is 12.2. The standard InChI is InChI=1S/C32H26Cl5N2O/c1-21-2-3-24(29(36)16-21)19-40-31(28-13-12-27(35)17-30(28)37)18-38-14-15-39(20-38)32(22-4-8-25(33)9-5-22)23-6-10-26(34)11-7-23/h2-17,20,31-32H,18-19H2,1H3/q+1. The smallest absolute Gasteiger partial charge is 0.244 e. The van der Waals surface area contributed by atoms with Gasteiger partial charge in [0.15, 0.2) is 6.04 Å². The first-order valence-electron chi connectivity index (χ1n) is 12.7. The minimum atomic E-state index is -0.354. The van der Waals surface area contributed by atoms with Gasteiger partial charge < -0.3 is 4.74 Å². The van der Waals surface area contributed by atoms with E-state index < -0.39 is 0 Å². The van der Waals surface area contributed by atoms with E-state index in [0.29, 0.717) is 38.3 Å². The van der Waals surface area contributed by atoms with Crippen molar-refractivity contribution in [1.82, 2.24) is 4.57 Å². The van der Waals surface area contributed by atoms with Gasteiger partial charge in [0.1, 0.15) is 25.0 Å². The van der Waals surface area contributed by atoms with E-state index in [1.54, 1.807) is 6.07 Å². The summed E-state index contributed by atoms with van der Waals surface area (Å²) in [5, 5.41) is 3.17. The SMILES string of the molecule is Cc1ccc(COC(C[n+]2ccn(C(c3ccc(Cl)cc3)c3ccc(Cl)cc3)c2)c2ccc(Cl)cc2Cl)c(Cl)c1. The summed E-state index contributed by atoms with van der Waals surface area (Å²) in [4.78, 5) is 0. The van der Waals surface area contributed by atoms with Crippen LogP contribution in [0.4, 0.5) is 0 Å². The van der Waals surface area contributed by atoms with E-state index in [1.165, 1.54) is 0 Å². The third-order valence-corrected chi connectivity index (χ3v) is 8.13. The zero-order valence-electron chi connectivity index (χ0n) is 21.6. The number of benzene rings is 4. The van der Waals surface area contributed by atoms with E-state index in [0.717, 1.165) is 27.8 Å². The summed E-state index contributed by atoms with van der Waals surface area (Å²) in [5.74, 6) is 0. The highest BCUT2D eigenvalue weighted by molar-refractivity contribution is 6.35. The molecule has 1 aromatic heterocycles. The van der Waals surface area contributed by atoms with Gasteiger partial charge in [0.25, 0.3) is 0 Å². The lowest BCUT2D eigenvalue weighted by Gasteiger charge is -2.19. The molecule has 0 saturated carbocycles. The number of halogens is 5. The lowest BCUT2D eigenvalue weighted by Crippen LogP contribution is -2.36. The molecular formula is C32H26Cl5N2O+. The van der Waals surface area contributed by atoms with Crippen molar-refractivity contribution in [1.29, 1.82) is 0 Å². The molecular weight excluding hydrogens is 606 g/mol. The third-order valence-electron chi connectivity index (χ3n) is 6.72. The van der Waals surface area contributed by atoms with E-state index in [2.05, 4.69) is 15.5 Å². The molecule has 0 radical (unpaired) electrons. The maximum atomic E-state index is 6.64. The fourth-order valence-electron chi connectivity index (χ4n) is 4.65. The molecule has 0 fully saturated rings. The fraction of sp³-hybridized carbons (Fsp3) is 0.156. The largest absolute Gasteiger partial charge is 0.365 e. The number of nitrogens with zero attached hydrogens (tertiary/aromatic N) is 2. The molecule has 0 aliphatic rings. The molecule has 8 heteroatoms. The van der Waals surface area contributed by atoms with Crippen LogP contribution >= 0.6 is 58.0 Å². The molecule has 0 aliphatic heterocycles. The third kappa shape index (κ3) is 7.03. The van der Waals surface area contributed by atoms with Crippen LogP contribution in [-0.4, -0.2) is 4.57 Å². The van der Waals surface area contributed by atoms with Gasteiger partial charge in [-0.3, -0.25) is 0 Å². The van der Waals surface area contributed by atoms with Crippen molar-refractivity contribution in [2.45, 2.75) is 32.2 Å². The lowest BCUT2D eigenvalue weighted by molar-refractivity contribution is -0.705. The zero-order valence-corrected chi connectivity index (χ0v) is 25.4. The molecule has 0 spiro atoms. The molecule has 0 saturated heterocycles.